The lowest BCUT2D eigenvalue weighted by Crippen LogP contribution is -2.21. The number of hydrogen-bond acceptors (Lipinski definition) is 5. The van der Waals surface area contributed by atoms with Crippen LogP contribution in [0.25, 0.3) is 0 Å². The third kappa shape index (κ3) is 3.96. The highest BCUT2D eigenvalue weighted by molar-refractivity contribution is 6.32. The Morgan fingerprint density at radius 1 is 1.05 bits per heavy atom. The van der Waals surface area contributed by atoms with Gasteiger partial charge in [0.05, 0.1) is 25.3 Å². The quantitative estimate of drug-likeness (QED) is 0.677. The van der Waals surface area contributed by atoms with E-state index in [1.807, 2.05) is 0 Å². The lowest BCUT2D eigenvalue weighted by molar-refractivity contribution is -0.115. The molecule has 0 radical (unpaired) electrons. The smallest absolute Gasteiger partial charge is 0.337 e. The highest BCUT2D eigenvalue weighted by Crippen LogP contribution is 2.17. The summed E-state index contributed by atoms with van der Waals surface area (Å²) in [7, 11) is 2.43. The predicted molar refractivity (Wildman–Crippen MR) is 73.1 cm³/mol. The first-order valence-electron chi connectivity index (χ1n) is 5.65. The fourth-order valence-corrected chi connectivity index (χ4v) is 1.47. The van der Waals surface area contributed by atoms with Gasteiger partial charge in [0.2, 0.25) is 5.91 Å². The van der Waals surface area contributed by atoms with E-state index in [1.165, 1.54) is 39.3 Å². The van der Waals surface area contributed by atoms with Gasteiger partial charge < -0.3 is 14.8 Å². The average molecular weight is 300 g/mol. The summed E-state index contributed by atoms with van der Waals surface area (Å²) in [6, 6.07) is 4.09. The van der Waals surface area contributed by atoms with Gasteiger partial charge in [0.1, 0.15) is 5.38 Å². The number of anilines is 1. The number of carbonyl (C=O) groups is 3. The maximum atomic E-state index is 11.5. The summed E-state index contributed by atoms with van der Waals surface area (Å²) in [4.78, 5) is 34.6. The van der Waals surface area contributed by atoms with Gasteiger partial charge >= 0.3 is 11.9 Å². The molecule has 0 saturated heterocycles. The maximum Gasteiger partial charge on any atom is 0.337 e. The molecule has 0 aliphatic heterocycles. The molecule has 20 heavy (non-hydrogen) atoms. The Bertz CT molecular complexity index is 507. The van der Waals surface area contributed by atoms with Gasteiger partial charge in [-0.15, -0.1) is 11.6 Å². The Hall–Kier alpha value is -2.08. The topological polar surface area (TPSA) is 81.7 Å². The molecule has 1 atom stereocenters. The molecule has 0 aliphatic carbocycles. The van der Waals surface area contributed by atoms with Gasteiger partial charge in [0.25, 0.3) is 0 Å². The van der Waals surface area contributed by atoms with E-state index in [1.54, 1.807) is 0 Å². The van der Waals surface area contributed by atoms with Crippen molar-refractivity contribution in [2.75, 3.05) is 19.5 Å². The Balaban J connectivity index is 3.19. The number of halogens is 1. The number of ether oxygens (including phenoxy) is 2. The van der Waals surface area contributed by atoms with Crippen LogP contribution in [-0.2, 0) is 14.3 Å². The molecule has 0 aromatic heterocycles. The molecule has 0 spiro atoms. The Morgan fingerprint density at radius 2 is 1.50 bits per heavy atom. The van der Waals surface area contributed by atoms with Crippen molar-refractivity contribution in [3.8, 4) is 0 Å². The van der Waals surface area contributed by atoms with Crippen molar-refractivity contribution in [2.24, 2.45) is 0 Å². The van der Waals surface area contributed by atoms with E-state index in [4.69, 9.17) is 11.6 Å². The molecule has 0 heterocycles. The summed E-state index contributed by atoms with van der Waals surface area (Å²) in [5, 5.41) is 1.74. The number of carbonyl (C=O) groups excluding carboxylic acids is 3. The summed E-state index contributed by atoms with van der Waals surface area (Å²) in [5.41, 5.74) is 0.492. The lowest BCUT2D eigenvalue weighted by Gasteiger charge is -2.10. The number of benzene rings is 1. The van der Waals surface area contributed by atoms with Crippen molar-refractivity contribution in [2.45, 2.75) is 12.3 Å². The number of nitrogens with one attached hydrogen (secondary N) is 1. The van der Waals surface area contributed by atoms with Crippen LogP contribution in [0, 0.1) is 0 Å². The summed E-state index contributed by atoms with van der Waals surface area (Å²) < 4.78 is 9.16. The van der Waals surface area contributed by atoms with Crippen molar-refractivity contribution in [1.82, 2.24) is 0 Å². The van der Waals surface area contributed by atoms with E-state index < -0.39 is 23.2 Å². The molecule has 0 bridgehead atoms. The zero-order chi connectivity index (χ0) is 15.3. The normalized spacial score (nSPS) is 11.4. The van der Waals surface area contributed by atoms with Gasteiger partial charge in [-0.1, -0.05) is 0 Å². The Kier molecular flexibility index (Phi) is 5.52. The number of esters is 2. The van der Waals surface area contributed by atoms with Crippen LogP contribution in [-0.4, -0.2) is 37.4 Å². The van der Waals surface area contributed by atoms with Gasteiger partial charge in [-0.05, 0) is 25.1 Å². The fraction of sp³-hybridized carbons (Fsp3) is 0.308. The summed E-state index contributed by atoms with van der Waals surface area (Å²) >= 11 is 5.64. The second-order valence-electron chi connectivity index (χ2n) is 3.89. The number of methoxy groups -OCH3 is 2. The highest BCUT2D eigenvalue weighted by atomic mass is 35.5. The third-order valence-corrected chi connectivity index (χ3v) is 2.60. The number of rotatable bonds is 4. The predicted octanol–water partition coefficient (Wildman–Crippen LogP) is 1.83. The second-order valence-corrected chi connectivity index (χ2v) is 4.54. The van der Waals surface area contributed by atoms with E-state index in [0.29, 0.717) is 0 Å². The molecule has 7 heteroatoms. The first kappa shape index (κ1) is 16.0. The molecule has 1 N–H and O–H groups in total. The van der Waals surface area contributed by atoms with Crippen molar-refractivity contribution in [3.63, 3.8) is 0 Å². The Labute approximate surface area is 121 Å². The Morgan fingerprint density at radius 3 is 1.85 bits per heavy atom. The standard InChI is InChI=1S/C13H14ClNO5/c1-7(14)11(16)15-10-5-8(12(17)19-2)4-9(6-10)13(18)20-3/h4-7H,1-3H3,(H,15,16)/t7-/m1/s1. The molecular weight excluding hydrogens is 286 g/mol. The van der Waals surface area contributed by atoms with Crippen LogP contribution in [0.15, 0.2) is 18.2 Å². The molecule has 1 aromatic rings. The molecule has 1 aromatic carbocycles. The molecule has 1 amide bonds. The first-order chi connectivity index (χ1) is 9.38. The molecule has 0 aliphatic rings. The SMILES string of the molecule is COC(=O)c1cc(NC(=O)[C@@H](C)Cl)cc(C(=O)OC)c1. The maximum absolute atomic E-state index is 11.5. The summed E-state index contributed by atoms with van der Waals surface area (Å²) in [6.45, 7) is 1.50. The van der Waals surface area contributed by atoms with E-state index in [2.05, 4.69) is 14.8 Å². The van der Waals surface area contributed by atoms with E-state index >= 15 is 0 Å². The molecular formula is C13H14ClNO5. The van der Waals surface area contributed by atoms with E-state index in [0.717, 1.165) is 0 Å². The van der Waals surface area contributed by atoms with Gasteiger partial charge in [-0.25, -0.2) is 9.59 Å². The number of amides is 1. The van der Waals surface area contributed by atoms with Crippen molar-refractivity contribution in [3.05, 3.63) is 29.3 Å². The molecule has 0 saturated carbocycles. The number of hydrogen-bond donors (Lipinski definition) is 1. The minimum Gasteiger partial charge on any atom is -0.465 e. The molecule has 108 valence electrons. The minimum atomic E-state index is -0.752. The van der Waals surface area contributed by atoms with Crippen LogP contribution in [0.4, 0.5) is 5.69 Å². The van der Waals surface area contributed by atoms with Crippen molar-refractivity contribution < 1.29 is 23.9 Å². The van der Waals surface area contributed by atoms with Crippen LogP contribution in [0.3, 0.4) is 0 Å². The zero-order valence-corrected chi connectivity index (χ0v) is 12.0. The van der Waals surface area contributed by atoms with Gasteiger partial charge in [-0.2, -0.15) is 0 Å². The fourth-order valence-electron chi connectivity index (χ4n) is 1.41. The monoisotopic (exact) mass is 299 g/mol. The van der Waals surface area contributed by atoms with Crippen LogP contribution in [0.5, 0.6) is 0 Å². The second kappa shape index (κ2) is 6.91. The largest absolute Gasteiger partial charge is 0.465 e. The third-order valence-electron chi connectivity index (χ3n) is 2.40. The molecule has 1 rings (SSSR count). The molecule has 6 nitrogen and oxygen atoms in total. The van der Waals surface area contributed by atoms with Crippen LogP contribution >= 0.6 is 11.6 Å². The zero-order valence-electron chi connectivity index (χ0n) is 11.2. The minimum absolute atomic E-state index is 0.118. The molecule has 0 unspecified atom stereocenters. The highest BCUT2D eigenvalue weighted by Gasteiger charge is 2.16. The average Bonchev–Trinajstić information content (AvgIpc) is 2.44. The van der Waals surface area contributed by atoms with Crippen molar-refractivity contribution in [1.29, 1.82) is 0 Å². The summed E-state index contributed by atoms with van der Waals surface area (Å²) in [6.07, 6.45) is 0. The van der Waals surface area contributed by atoms with Crippen LogP contribution in [0.2, 0.25) is 0 Å². The van der Waals surface area contributed by atoms with Gasteiger partial charge in [0, 0.05) is 5.69 Å². The lowest BCUT2D eigenvalue weighted by atomic mass is 10.1. The summed E-state index contributed by atoms with van der Waals surface area (Å²) in [5.74, 6) is -1.72. The van der Waals surface area contributed by atoms with E-state index in [9.17, 15) is 14.4 Å². The van der Waals surface area contributed by atoms with Gasteiger partial charge in [0.15, 0.2) is 0 Å². The van der Waals surface area contributed by atoms with Crippen LogP contribution < -0.4 is 5.32 Å². The van der Waals surface area contributed by atoms with Gasteiger partial charge in [-0.3, -0.25) is 4.79 Å². The van der Waals surface area contributed by atoms with Crippen molar-refractivity contribution >= 4 is 35.1 Å². The van der Waals surface area contributed by atoms with E-state index in [-0.39, 0.29) is 16.8 Å². The van der Waals surface area contributed by atoms with Crippen LogP contribution in [0.1, 0.15) is 27.6 Å². The first-order valence-corrected chi connectivity index (χ1v) is 6.09. The molecule has 0 fully saturated rings. The number of alkyl halides is 1.